The van der Waals surface area contributed by atoms with Crippen molar-refractivity contribution >= 4 is 29.1 Å². The van der Waals surface area contributed by atoms with Gasteiger partial charge >= 0.3 is 0 Å². The van der Waals surface area contributed by atoms with Gasteiger partial charge in [-0.2, -0.15) is 0 Å². The third-order valence-corrected chi connectivity index (χ3v) is 4.28. The standard InChI is InChI=1S/C16H15N3O4S/c1-2-10-6-14(21)19-16(17-10)24-8-12(20)9-3-4-13-11(5-9)18-15(22)7-23-13/h3-6H,2,7-8H2,1H3,(H,18,22)(H,17,19,21). The average molecular weight is 345 g/mol. The molecule has 7 nitrogen and oxygen atoms in total. The molecule has 1 amide bonds. The Labute approximate surface area is 141 Å². The lowest BCUT2D eigenvalue weighted by Gasteiger charge is -2.18. The fraction of sp³-hybridized carbons (Fsp3) is 0.250. The molecular formula is C16H15N3O4S. The van der Waals surface area contributed by atoms with Crippen molar-refractivity contribution in [1.29, 1.82) is 0 Å². The summed E-state index contributed by atoms with van der Waals surface area (Å²) in [5, 5.41) is 3.09. The van der Waals surface area contributed by atoms with Crippen molar-refractivity contribution in [2.24, 2.45) is 0 Å². The van der Waals surface area contributed by atoms with E-state index in [2.05, 4.69) is 15.3 Å². The first-order chi connectivity index (χ1) is 11.5. The van der Waals surface area contributed by atoms with Gasteiger partial charge in [0.1, 0.15) is 5.75 Å². The zero-order chi connectivity index (χ0) is 17.1. The van der Waals surface area contributed by atoms with Crippen LogP contribution in [-0.4, -0.2) is 34.0 Å². The van der Waals surface area contributed by atoms with Crippen LogP contribution in [0, 0.1) is 0 Å². The van der Waals surface area contributed by atoms with Gasteiger partial charge in [-0.05, 0) is 24.6 Å². The summed E-state index contributed by atoms with van der Waals surface area (Å²) in [7, 11) is 0. The van der Waals surface area contributed by atoms with E-state index < -0.39 is 0 Å². The fourth-order valence-corrected chi connectivity index (χ4v) is 3.00. The second-order valence-corrected chi connectivity index (χ2v) is 6.12. The van der Waals surface area contributed by atoms with Crippen molar-refractivity contribution in [2.75, 3.05) is 17.7 Å². The first-order valence-corrected chi connectivity index (χ1v) is 8.36. The molecule has 3 rings (SSSR count). The van der Waals surface area contributed by atoms with E-state index in [1.807, 2.05) is 6.92 Å². The molecule has 0 saturated carbocycles. The Morgan fingerprint density at radius 1 is 1.33 bits per heavy atom. The zero-order valence-electron chi connectivity index (χ0n) is 12.9. The van der Waals surface area contributed by atoms with Crippen molar-refractivity contribution < 1.29 is 14.3 Å². The minimum Gasteiger partial charge on any atom is -0.482 e. The Hall–Kier alpha value is -2.61. The maximum atomic E-state index is 12.3. The number of ether oxygens (including phenoxy) is 1. The summed E-state index contributed by atoms with van der Waals surface area (Å²) in [6.45, 7) is 1.88. The van der Waals surface area contributed by atoms with Crippen molar-refractivity contribution in [3.8, 4) is 5.75 Å². The van der Waals surface area contributed by atoms with Gasteiger partial charge in [0.25, 0.3) is 11.5 Å². The maximum absolute atomic E-state index is 12.3. The summed E-state index contributed by atoms with van der Waals surface area (Å²) in [5.41, 5.74) is 1.40. The van der Waals surface area contributed by atoms with Crippen LogP contribution in [0.2, 0.25) is 0 Å². The number of thioether (sulfide) groups is 1. The number of Topliss-reactive ketones (excluding diaryl/α,β-unsaturated/α-hetero) is 1. The number of rotatable bonds is 5. The molecule has 1 aromatic heterocycles. The van der Waals surface area contributed by atoms with Crippen LogP contribution in [0.4, 0.5) is 5.69 Å². The van der Waals surface area contributed by atoms with Crippen molar-refractivity contribution in [3.05, 3.63) is 45.9 Å². The first kappa shape index (κ1) is 16.3. The van der Waals surface area contributed by atoms with Crippen LogP contribution in [-0.2, 0) is 11.2 Å². The van der Waals surface area contributed by atoms with Gasteiger partial charge in [-0.3, -0.25) is 14.4 Å². The molecule has 0 saturated heterocycles. The lowest BCUT2D eigenvalue weighted by Crippen LogP contribution is -2.25. The minimum absolute atomic E-state index is 0.0249. The van der Waals surface area contributed by atoms with E-state index in [-0.39, 0.29) is 29.6 Å². The lowest BCUT2D eigenvalue weighted by molar-refractivity contribution is -0.118. The summed E-state index contributed by atoms with van der Waals surface area (Å²) < 4.78 is 5.26. The number of aromatic amines is 1. The molecule has 0 aliphatic carbocycles. The Balaban J connectivity index is 1.71. The molecule has 124 valence electrons. The molecule has 1 aromatic carbocycles. The van der Waals surface area contributed by atoms with Crippen LogP contribution in [0.3, 0.4) is 0 Å². The van der Waals surface area contributed by atoms with Crippen molar-refractivity contribution in [2.45, 2.75) is 18.5 Å². The van der Waals surface area contributed by atoms with Gasteiger partial charge in [-0.1, -0.05) is 18.7 Å². The largest absolute Gasteiger partial charge is 0.482 e. The number of H-pyrrole nitrogens is 1. The molecule has 0 atom stereocenters. The molecule has 0 unspecified atom stereocenters. The predicted octanol–water partition coefficient (Wildman–Crippen LogP) is 1.64. The number of hydrogen-bond acceptors (Lipinski definition) is 6. The second kappa shape index (κ2) is 6.88. The molecule has 1 aliphatic rings. The van der Waals surface area contributed by atoms with Gasteiger partial charge in [0.15, 0.2) is 17.5 Å². The fourth-order valence-electron chi connectivity index (χ4n) is 2.21. The monoisotopic (exact) mass is 345 g/mol. The molecule has 0 spiro atoms. The quantitative estimate of drug-likeness (QED) is 0.485. The van der Waals surface area contributed by atoms with Gasteiger partial charge in [0.2, 0.25) is 0 Å². The number of aryl methyl sites for hydroxylation is 1. The third kappa shape index (κ3) is 3.65. The summed E-state index contributed by atoms with van der Waals surface area (Å²) in [5.74, 6) is 0.288. The SMILES string of the molecule is CCc1cc(=O)[nH]c(SCC(=O)c2ccc3c(c2)NC(=O)CO3)n1. The van der Waals surface area contributed by atoms with E-state index in [0.717, 1.165) is 0 Å². The van der Waals surface area contributed by atoms with Gasteiger partial charge in [0, 0.05) is 17.3 Å². The maximum Gasteiger partial charge on any atom is 0.262 e. The number of carbonyl (C=O) groups excluding carboxylic acids is 2. The highest BCUT2D eigenvalue weighted by Crippen LogP contribution is 2.29. The Bertz CT molecular complexity index is 863. The van der Waals surface area contributed by atoms with Crippen molar-refractivity contribution in [1.82, 2.24) is 9.97 Å². The number of amides is 1. The molecule has 8 heteroatoms. The van der Waals surface area contributed by atoms with Crippen LogP contribution >= 0.6 is 11.8 Å². The highest BCUT2D eigenvalue weighted by atomic mass is 32.2. The van der Waals surface area contributed by atoms with Crippen LogP contribution < -0.4 is 15.6 Å². The molecule has 2 N–H and O–H groups in total. The van der Waals surface area contributed by atoms with Crippen LogP contribution in [0.25, 0.3) is 0 Å². The number of nitrogens with one attached hydrogen (secondary N) is 2. The summed E-state index contributed by atoms with van der Waals surface area (Å²) in [4.78, 5) is 42.1. The van der Waals surface area contributed by atoms with Gasteiger partial charge < -0.3 is 15.0 Å². The van der Waals surface area contributed by atoms with E-state index in [1.165, 1.54) is 17.8 Å². The third-order valence-electron chi connectivity index (χ3n) is 3.41. The number of fused-ring (bicyclic) bond motifs is 1. The minimum atomic E-state index is -0.250. The number of carbonyl (C=O) groups is 2. The molecule has 0 bridgehead atoms. The summed E-state index contributed by atoms with van der Waals surface area (Å²) in [6, 6.07) is 6.34. The molecule has 24 heavy (non-hydrogen) atoms. The van der Waals surface area contributed by atoms with Gasteiger partial charge in [0.05, 0.1) is 11.4 Å². The van der Waals surface area contributed by atoms with Crippen molar-refractivity contribution in [3.63, 3.8) is 0 Å². The predicted molar refractivity (Wildman–Crippen MR) is 89.9 cm³/mol. The molecule has 0 radical (unpaired) electrons. The highest BCUT2D eigenvalue weighted by Gasteiger charge is 2.18. The van der Waals surface area contributed by atoms with Gasteiger partial charge in [-0.15, -0.1) is 0 Å². The number of nitrogens with zero attached hydrogens (tertiary/aromatic N) is 1. The second-order valence-electron chi connectivity index (χ2n) is 5.16. The first-order valence-electron chi connectivity index (χ1n) is 7.38. The highest BCUT2D eigenvalue weighted by molar-refractivity contribution is 7.99. The zero-order valence-corrected chi connectivity index (χ0v) is 13.7. The number of aromatic nitrogens is 2. The van der Waals surface area contributed by atoms with Gasteiger partial charge in [-0.25, -0.2) is 4.98 Å². The topological polar surface area (TPSA) is 101 Å². The normalized spacial score (nSPS) is 13.0. The molecule has 2 heterocycles. The lowest BCUT2D eigenvalue weighted by atomic mass is 10.1. The van der Waals surface area contributed by atoms with E-state index in [4.69, 9.17) is 4.74 Å². The Morgan fingerprint density at radius 2 is 2.17 bits per heavy atom. The summed E-state index contributed by atoms with van der Waals surface area (Å²) >= 11 is 1.17. The number of benzene rings is 1. The average Bonchev–Trinajstić information content (AvgIpc) is 2.58. The smallest absolute Gasteiger partial charge is 0.262 e. The Morgan fingerprint density at radius 3 is 2.96 bits per heavy atom. The van der Waals surface area contributed by atoms with E-state index >= 15 is 0 Å². The van der Waals surface area contributed by atoms with E-state index in [0.29, 0.717) is 34.3 Å². The molecule has 2 aromatic rings. The number of anilines is 1. The summed E-state index contributed by atoms with van der Waals surface area (Å²) in [6.07, 6.45) is 0.649. The van der Waals surface area contributed by atoms with E-state index in [9.17, 15) is 14.4 Å². The van der Waals surface area contributed by atoms with E-state index in [1.54, 1.807) is 18.2 Å². The number of ketones is 1. The Kier molecular flexibility index (Phi) is 4.66. The van der Waals surface area contributed by atoms with Crippen LogP contribution in [0.1, 0.15) is 23.0 Å². The molecule has 0 fully saturated rings. The molecular weight excluding hydrogens is 330 g/mol. The number of hydrogen-bond donors (Lipinski definition) is 2. The van der Waals surface area contributed by atoms with Crippen LogP contribution in [0.15, 0.2) is 34.2 Å². The van der Waals surface area contributed by atoms with Crippen LogP contribution in [0.5, 0.6) is 5.75 Å². The molecule has 1 aliphatic heterocycles.